The molecule has 0 aliphatic rings. The average molecular weight is 282 g/mol. The number of rotatable bonds is 8. The SMILES string of the molecule is COc1ccc(OCC(O)CNC(C)(C)C(N)=O)cc1. The van der Waals surface area contributed by atoms with E-state index in [1.807, 2.05) is 0 Å². The molecule has 20 heavy (non-hydrogen) atoms. The highest BCUT2D eigenvalue weighted by Crippen LogP contribution is 2.17. The lowest BCUT2D eigenvalue weighted by Gasteiger charge is -2.24. The number of β-amino-alcohol motifs (C(OH)–C–C–N with tert-alkyl or cyclic N) is 1. The smallest absolute Gasteiger partial charge is 0.237 e. The maximum Gasteiger partial charge on any atom is 0.237 e. The van der Waals surface area contributed by atoms with E-state index < -0.39 is 17.6 Å². The van der Waals surface area contributed by atoms with Crippen molar-refractivity contribution < 1.29 is 19.4 Å². The highest BCUT2D eigenvalue weighted by Gasteiger charge is 2.24. The van der Waals surface area contributed by atoms with Crippen molar-refractivity contribution in [1.29, 1.82) is 0 Å². The van der Waals surface area contributed by atoms with Crippen LogP contribution in [-0.4, -0.2) is 42.9 Å². The van der Waals surface area contributed by atoms with Crippen LogP contribution in [0.4, 0.5) is 0 Å². The summed E-state index contributed by atoms with van der Waals surface area (Å²) < 4.78 is 10.5. The molecule has 6 nitrogen and oxygen atoms in total. The third-order valence-corrected chi connectivity index (χ3v) is 2.90. The van der Waals surface area contributed by atoms with Gasteiger partial charge < -0.3 is 25.6 Å². The highest BCUT2D eigenvalue weighted by molar-refractivity contribution is 5.83. The number of primary amides is 1. The zero-order chi connectivity index (χ0) is 15.2. The average Bonchev–Trinajstić information content (AvgIpc) is 2.43. The predicted octanol–water partition coefficient (Wildman–Crippen LogP) is 0.288. The number of amides is 1. The molecule has 1 unspecified atom stereocenters. The second-order valence-corrected chi connectivity index (χ2v) is 5.01. The summed E-state index contributed by atoms with van der Waals surface area (Å²) in [5.41, 5.74) is 4.36. The second-order valence-electron chi connectivity index (χ2n) is 5.01. The van der Waals surface area contributed by atoms with Crippen molar-refractivity contribution in [2.24, 2.45) is 5.73 Å². The topological polar surface area (TPSA) is 93.8 Å². The third-order valence-electron chi connectivity index (χ3n) is 2.90. The molecule has 1 amide bonds. The van der Waals surface area contributed by atoms with Gasteiger partial charge >= 0.3 is 0 Å². The Morgan fingerprint density at radius 3 is 2.40 bits per heavy atom. The van der Waals surface area contributed by atoms with Crippen LogP contribution < -0.4 is 20.5 Å². The van der Waals surface area contributed by atoms with E-state index in [9.17, 15) is 9.90 Å². The molecule has 0 heterocycles. The van der Waals surface area contributed by atoms with Crippen LogP contribution in [0.3, 0.4) is 0 Å². The van der Waals surface area contributed by atoms with Crippen molar-refractivity contribution >= 4 is 5.91 Å². The lowest BCUT2D eigenvalue weighted by atomic mass is 10.1. The van der Waals surface area contributed by atoms with Gasteiger partial charge in [0, 0.05) is 6.54 Å². The Labute approximate surface area is 118 Å². The molecule has 1 aromatic rings. The number of methoxy groups -OCH3 is 1. The molecule has 1 aromatic carbocycles. The van der Waals surface area contributed by atoms with Gasteiger partial charge in [-0.25, -0.2) is 0 Å². The monoisotopic (exact) mass is 282 g/mol. The Morgan fingerprint density at radius 2 is 1.90 bits per heavy atom. The van der Waals surface area contributed by atoms with Gasteiger partial charge in [0.1, 0.15) is 24.2 Å². The number of benzene rings is 1. The van der Waals surface area contributed by atoms with Crippen molar-refractivity contribution in [2.75, 3.05) is 20.3 Å². The molecule has 1 atom stereocenters. The summed E-state index contributed by atoms with van der Waals surface area (Å²) >= 11 is 0. The van der Waals surface area contributed by atoms with Crippen LogP contribution >= 0.6 is 0 Å². The third kappa shape index (κ3) is 5.07. The Morgan fingerprint density at radius 1 is 1.35 bits per heavy atom. The van der Waals surface area contributed by atoms with Gasteiger partial charge in [0.15, 0.2) is 0 Å². The zero-order valence-corrected chi connectivity index (χ0v) is 12.1. The lowest BCUT2D eigenvalue weighted by molar-refractivity contribution is -0.123. The fourth-order valence-corrected chi connectivity index (χ4v) is 1.38. The number of hydrogen-bond acceptors (Lipinski definition) is 5. The molecule has 0 aliphatic heterocycles. The first kappa shape index (κ1) is 16.3. The number of ether oxygens (including phenoxy) is 2. The van der Waals surface area contributed by atoms with E-state index >= 15 is 0 Å². The largest absolute Gasteiger partial charge is 0.497 e. The fraction of sp³-hybridized carbons (Fsp3) is 0.500. The molecule has 0 radical (unpaired) electrons. The highest BCUT2D eigenvalue weighted by atomic mass is 16.5. The summed E-state index contributed by atoms with van der Waals surface area (Å²) in [5, 5.41) is 12.7. The van der Waals surface area contributed by atoms with Gasteiger partial charge in [-0.1, -0.05) is 0 Å². The number of nitrogens with two attached hydrogens (primary N) is 1. The summed E-state index contributed by atoms with van der Waals surface area (Å²) in [6, 6.07) is 7.06. The Balaban J connectivity index is 2.35. The standard InChI is InChI=1S/C14H22N2O4/c1-14(2,13(15)18)16-8-10(17)9-20-12-6-4-11(19-3)5-7-12/h4-7,10,16-17H,8-9H2,1-3H3,(H2,15,18). The molecular weight excluding hydrogens is 260 g/mol. The number of carbonyl (C=O) groups excluding carboxylic acids is 1. The molecule has 0 saturated heterocycles. The second kappa shape index (κ2) is 7.12. The normalized spacial score (nSPS) is 12.8. The quantitative estimate of drug-likeness (QED) is 0.637. The molecule has 6 heteroatoms. The van der Waals surface area contributed by atoms with E-state index in [0.29, 0.717) is 5.75 Å². The molecule has 4 N–H and O–H groups in total. The van der Waals surface area contributed by atoms with E-state index in [1.165, 1.54) is 0 Å². The number of nitrogens with one attached hydrogen (secondary N) is 1. The first-order valence-electron chi connectivity index (χ1n) is 6.35. The predicted molar refractivity (Wildman–Crippen MR) is 75.8 cm³/mol. The van der Waals surface area contributed by atoms with Gasteiger partial charge in [-0.3, -0.25) is 4.79 Å². The van der Waals surface area contributed by atoms with Crippen molar-refractivity contribution in [3.8, 4) is 11.5 Å². The van der Waals surface area contributed by atoms with Gasteiger partial charge in [0.05, 0.1) is 12.6 Å². The minimum absolute atomic E-state index is 0.119. The number of hydrogen-bond donors (Lipinski definition) is 3. The van der Waals surface area contributed by atoms with Crippen LogP contribution in [0.15, 0.2) is 24.3 Å². The lowest BCUT2D eigenvalue weighted by Crippen LogP contribution is -2.53. The van der Waals surface area contributed by atoms with E-state index in [2.05, 4.69) is 5.32 Å². The van der Waals surface area contributed by atoms with Crippen molar-refractivity contribution in [3.05, 3.63) is 24.3 Å². The first-order chi connectivity index (χ1) is 9.35. The Kier molecular flexibility index (Phi) is 5.79. The molecule has 0 aromatic heterocycles. The van der Waals surface area contributed by atoms with Gasteiger partial charge in [-0.05, 0) is 38.1 Å². The van der Waals surface area contributed by atoms with Crippen LogP contribution in [0.2, 0.25) is 0 Å². The van der Waals surface area contributed by atoms with Crippen molar-refractivity contribution in [1.82, 2.24) is 5.32 Å². The van der Waals surface area contributed by atoms with E-state index in [-0.39, 0.29) is 13.2 Å². The molecule has 0 saturated carbocycles. The summed E-state index contributed by atoms with van der Waals surface area (Å²) in [6.45, 7) is 3.65. The minimum atomic E-state index is -0.860. The zero-order valence-electron chi connectivity index (χ0n) is 12.1. The maximum absolute atomic E-state index is 11.1. The van der Waals surface area contributed by atoms with Crippen molar-refractivity contribution in [2.45, 2.75) is 25.5 Å². The van der Waals surface area contributed by atoms with Gasteiger partial charge in [-0.15, -0.1) is 0 Å². The number of carbonyl (C=O) groups is 1. The first-order valence-corrected chi connectivity index (χ1v) is 6.35. The van der Waals surface area contributed by atoms with Crippen LogP contribution in [0.5, 0.6) is 11.5 Å². The molecule has 0 bridgehead atoms. The fourth-order valence-electron chi connectivity index (χ4n) is 1.38. The van der Waals surface area contributed by atoms with Crippen LogP contribution in [-0.2, 0) is 4.79 Å². The van der Waals surface area contributed by atoms with Crippen LogP contribution in [0.25, 0.3) is 0 Å². The molecule has 112 valence electrons. The van der Waals surface area contributed by atoms with Gasteiger partial charge in [0.25, 0.3) is 0 Å². The van der Waals surface area contributed by atoms with E-state index in [4.69, 9.17) is 15.2 Å². The summed E-state index contributed by atoms with van der Waals surface area (Å²) in [4.78, 5) is 11.1. The van der Waals surface area contributed by atoms with Gasteiger partial charge in [0.2, 0.25) is 5.91 Å². The minimum Gasteiger partial charge on any atom is -0.497 e. The summed E-state index contributed by atoms with van der Waals surface area (Å²) in [5.74, 6) is 0.905. The number of aliphatic hydroxyl groups excluding tert-OH is 1. The molecule has 0 spiro atoms. The number of aliphatic hydroxyl groups is 1. The van der Waals surface area contributed by atoms with Gasteiger partial charge in [-0.2, -0.15) is 0 Å². The molecule has 0 fully saturated rings. The molecule has 0 aliphatic carbocycles. The molecule has 1 rings (SSSR count). The van der Waals surface area contributed by atoms with Crippen molar-refractivity contribution in [3.63, 3.8) is 0 Å². The summed E-state index contributed by atoms with van der Waals surface area (Å²) in [7, 11) is 1.59. The molecular formula is C14H22N2O4. The summed E-state index contributed by atoms with van der Waals surface area (Å²) in [6.07, 6.45) is -0.740. The van der Waals surface area contributed by atoms with Crippen LogP contribution in [0.1, 0.15) is 13.8 Å². The Hall–Kier alpha value is -1.79. The Bertz CT molecular complexity index is 431. The van der Waals surface area contributed by atoms with E-state index in [0.717, 1.165) is 5.75 Å². The van der Waals surface area contributed by atoms with Crippen LogP contribution in [0, 0.1) is 0 Å². The maximum atomic E-state index is 11.1. The van der Waals surface area contributed by atoms with E-state index in [1.54, 1.807) is 45.2 Å².